The lowest BCUT2D eigenvalue weighted by Gasteiger charge is -2.10. The maximum atomic E-state index is 11.7. The van der Waals surface area contributed by atoms with Crippen molar-refractivity contribution in [2.75, 3.05) is 7.11 Å². The molecule has 0 unspecified atom stereocenters. The third-order valence-corrected chi connectivity index (χ3v) is 4.11. The van der Waals surface area contributed by atoms with Gasteiger partial charge in [-0.3, -0.25) is 4.98 Å². The van der Waals surface area contributed by atoms with Crippen molar-refractivity contribution < 1.29 is 14.5 Å². The zero-order chi connectivity index (χ0) is 19.0. The first-order valence-electron chi connectivity index (χ1n) is 8.25. The quantitative estimate of drug-likeness (QED) is 0.533. The van der Waals surface area contributed by atoms with Crippen LogP contribution < -0.4 is 10.4 Å². The van der Waals surface area contributed by atoms with Crippen LogP contribution in [0.5, 0.6) is 5.75 Å². The standard InChI is InChI=1S/C16H14N4O4.C2H6/c1-7-14(8(2)24-19-7)10-4-11-9(5-13(10)23-3)15-12(6-17-11)18-16(21)20(15)22;1-2/h4-6,22H,1-3H3,(H,18,21);1-2H3. The molecule has 0 atom stereocenters. The van der Waals surface area contributed by atoms with Crippen molar-refractivity contribution >= 4 is 21.9 Å². The van der Waals surface area contributed by atoms with Crippen molar-refractivity contribution in [3.63, 3.8) is 0 Å². The van der Waals surface area contributed by atoms with E-state index in [1.54, 1.807) is 13.2 Å². The monoisotopic (exact) mass is 356 g/mol. The molecule has 0 radical (unpaired) electrons. The highest BCUT2D eigenvalue weighted by atomic mass is 16.5. The molecule has 0 spiro atoms. The van der Waals surface area contributed by atoms with Gasteiger partial charge in [0.2, 0.25) is 0 Å². The number of aryl methyl sites for hydroxylation is 2. The molecular formula is C18H20N4O4. The highest BCUT2D eigenvalue weighted by Gasteiger charge is 2.19. The number of nitrogens with one attached hydrogen (secondary N) is 1. The molecule has 0 aliphatic heterocycles. The molecule has 0 fully saturated rings. The Kier molecular flexibility index (Phi) is 4.41. The Morgan fingerprint density at radius 2 is 2.00 bits per heavy atom. The highest BCUT2D eigenvalue weighted by Crippen LogP contribution is 2.38. The number of pyridine rings is 1. The predicted molar refractivity (Wildman–Crippen MR) is 97.9 cm³/mol. The molecule has 136 valence electrons. The Balaban J connectivity index is 0.000000948. The van der Waals surface area contributed by atoms with Crippen LogP contribution in [-0.2, 0) is 0 Å². The van der Waals surface area contributed by atoms with Crippen molar-refractivity contribution in [2.24, 2.45) is 0 Å². The van der Waals surface area contributed by atoms with Crippen LogP contribution in [0.3, 0.4) is 0 Å². The van der Waals surface area contributed by atoms with Crippen LogP contribution in [0.4, 0.5) is 0 Å². The highest BCUT2D eigenvalue weighted by molar-refractivity contribution is 6.04. The smallest absolute Gasteiger partial charge is 0.359 e. The van der Waals surface area contributed by atoms with Crippen molar-refractivity contribution in [2.45, 2.75) is 27.7 Å². The second-order valence-corrected chi connectivity index (χ2v) is 5.53. The number of fused-ring (bicyclic) bond motifs is 3. The molecule has 2 N–H and O–H groups in total. The van der Waals surface area contributed by atoms with Crippen LogP contribution in [0.1, 0.15) is 25.3 Å². The maximum absolute atomic E-state index is 11.7. The average molecular weight is 356 g/mol. The Labute approximate surface area is 149 Å². The number of H-pyrrole nitrogens is 1. The van der Waals surface area contributed by atoms with E-state index in [4.69, 9.17) is 9.26 Å². The van der Waals surface area contributed by atoms with E-state index >= 15 is 0 Å². The first-order valence-corrected chi connectivity index (χ1v) is 8.25. The number of rotatable bonds is 2. The number of nitrogens with zero attached hydrogens (tertiary/aromatic N) is 3. The van der Waals surface area contributed by atoms with Gasteiger partial charge < -0.3 is 19.5 Å². The minimum absolute atomic E-state index is 0.355. The molecule has 0 saturated carbocycles. The van der Waals surface area contributed by atoms with E-state index in [9.17, 15) is 10.0 Å². The van der Waals surface area contributed by atoms with Gasteiger partial charge in [-0.05, 0) is 26.0 Å². The van der Waals surface area contributed by atoms with Crippen LogP contribution in [0.2, 0.25) is 0 Å². The first kappa shape index (κ1) is 17.5. The molecule has 0 saturated heterocycles. The van der Waals surface area contributed by atoms with Crippen molar-refractivity contribution in [1.29, 1.82) is 0 Å². The lowest BCUT2D eigenvalue weighted by atomic mass is 10.0. The molecule has 26 heavy (non-hydrogen) atoms. The van der Waals surface area contributed by atoms with Gasteiger partial charge in [-0.15, -0.1) is 4.73 Å². The molecule has 3 heterocycles. The molecular weight excluding hydrogens is 336 g/mol. The molecule has 0 amide bonds. The topological polar surface area (TPSA) is 106 Å². The first-order chi connectivity index (χ1) is 12.5. The van der Waals surface area contributed by atoms with Crippen LogP contribution in [0.25, 0.3) is 33.1 Å². The molecule has 8 nitrogen and oxygen atoms in total. The average Bonchev–Trinajstić information content (AvgIpc) is 3.14. The number of hydrogen-bond donors (Lipinski definition) is 2. The van der Waals surface area contributed by atoms with Gasteiger partial charge in [0.15, 0.2) is 0 Å². The van der Waals surface area contributed by atoms with E-state index < -0.39 is 5.69 Å². The van der Waals surface area contributed by atoms with Gasteiger partial charge in [0.1, 0.15) is 17.0 Å². The van der Waals surface area contributed by atoms with E-state index in [1.807, 2.05) is 33.8 Å². The SMILES string of the molecule is CC.COc1cc2c(cc1-c1c(C)noc1C)ncc1[nH]c(=O)n(O)c12. The molecule has 4 rings (SSSR count). The summed E-state index contributed by atoms with van der Waals surface area (Å²) in [5, 5.41) is 14.6. The Morgan fingerprint density at radius 3 is 2.62 bits per heavy atom. The third kappa shape index (κ3) is 2.50. The number of aromatic amines is 1. The van der Waals surface area contributed by atoms with Crippen LogP contribution in [-0.4, -0.2) is 32.2 Å². The number of imidazole rings is 1. The number of ether oxygens (including phenoxy) is 1. The lowest BCUT2D eigenvalue weighted by molar-refractivity contribution is 0.188. The third-order valence-electron chi connectivity index (χ3n) is 4.11. The summed E-state index contributed by atoms with van der Waals surface area (Å²) in [5.41, 5.74) is 3.16. The molecule has 0 aliphatic carbocycles. The summed E-state index contributed by atoms with van der Waals surface area (Å²) in [4.78, 5) is 18.6. The fourth-order valence-corrected chi connectivity index (χ4v) is 3.03. The molecule has 1 aromatic carbocycles. The summed E-state index contributed by atoms with van der Waals surface area (Å²) in [5.74, 6) is 1.24. The summed E-state index contributed by atoms with van der Waals surface area (Å²) in [6, 6.07) is 3.57. The van der Waals surface area contributed by atoms with Crippen molar-refractivity contribution in [3.05, 3.63) is 40.3 Å². The van der Waals surface area contributed by atoms with E-state index in [0.29, 0.717) is 38.2 Å². The van der Waals surface area contributed by atoms with Gasteiger partial charge in [0, 0.05) is 10.9 Å². The molecule has 0 aliphatic rings. The van der Waals surface area contributed by atoms with Gasteiger partial charge in [0.25, 0.3) is 0 Å². The predicted octanol–water partition coefficient (Wildman–Crippen LogP) is 3.42. The number of methoxy groups -OCH3 is 1. The second kappa shape index (κ2) is 6.55. The largest absolute Gasteiger partial charge is 0.496 e. The number of aromatic nitrogens is 4. The number of hydrogen-bond acceptors (Lipinski definition) is 6. The van der Waals surface area contributed by atoms with Crippen molar-refractivity contribution in [1.82, 2.24) is 19.9 Å². The van der Waals surface area contributed by atoms with Gasteiger partial charge >= 0.3 is 5.69 Å². The van der Waals surface area contributed by atoms with E-state index in [2.05, 4.69) is 15.1 Å². The van der Waals surface area contributed by atoms with Gasteiger partial charge in [-0.25, -0.2) is 4.79 Å². The van der Waals surface area contributed by atoms with Crippen molar-refractivity contribution in [3.8, 4) is 16.9 Å². The van der Waals surface area contributed by atoms with E-state index in [-0.39, 0.29) is 0 Å². The minimum Gasteiger partial charge on any atom is -0.496 e. The second-order valence-electron chi connectivity index (χ2n) is 5.53. The van der Waals surface area contributed by atoms with Crippen LogP contribution in [0.15, 0.2) is 27.6 Å². The molecule has 4 aromatic rings. The molecule has 3 aromatic heterocycles. The van der Waals surface area contributed by atoms with E-state index in [1.165, 1.54) is 6.20 Å². The van der Waals surface area contributed by atoms with Gasteiger partial charge in [-0.2, -0.15) is 0 Å². The maximum Gasteiger partial charge on any atom is 0.359 e. The fraction of sp³-hybridized carbons (Fsp3) is 0.278. The normalized spacial score (nSPS) is 10.8. The Morgan fingerprint density at radius 1 is 1.27 bits per heavy atom. The fourth-order valence-electron chi connectivity index (χ4n) is 3.03. The summed E-state index contributed by atoms with van der Waals surface area (Å²) in [6.07, 6.45) is 1.51. The number of benzene rings is 1. The zero-order valence-electron chi connectivity index (χ0n) is 15.2. The van der Waals surface area contributed by atoms with Gasteiger partial charge in [-0.1, -0.05) is 19.0 Å². The van der Waals surface area contributed by atoms with E-state index in [0.717, 1.165) is 16.8 Å². The minimum atomic E-state index is -0.618. The lowest BCUT2D eigenvalue weighted by Crippen LogP contribution is -2.13. The summed E-state index contributed by atoms with van der Waals surface area (Å²) >= 11 is 0. The molecule has 8 heteroatoms. The summed E-state index contributed by atoms with van der Waals surface area (Å²) < 4.78 is 11.3. The van der Waals surface area contributed by atoms with Gasteiger partial charge in [0.05, 0.1) is 35.6 Å². The molecule has 0 bridgehead atoms. The summed E-state index contributed by atoms with van der Waals surface area (Å²) in [6.45, 7) is 7.68. The Hall–Kier alpha value is -3.29. The Bertz CT molecular complexity index is 1130. The van der Waals surface area contributed by atoms with Crippen LogP contribution >= 0.6 is 0 Å². The zero-order valence-corrected chi connectivity index (χ0v) is 15.2. The van der Waals surface area contributed by atoms with Crippen LogP contribution in [0, 0.1) is 13.8 Å². The summed E-state index contributed by atoms with van der Waals surface area (Å²) in [7, 11) is 1.56.